The minimum absolute atomic E-state index is 0.779. The highest BCUT2D eigenvalue weighted by atomic mass is 32.2. The van der Waals surface area contributed by atoms with E-state index in [9.17, 15) is 0 Å². The molecule has 0 spiro atoms. The molecule has 0 radical (unpaired) electrons. The van der Waals surface area contributed by atoms with Gasteiger partial charge in [-0.1, -0.05) is 12.5 Å². The van der Waals surface area contributed by atoms with Crippen molar-refractivity contribution < 1.29 is 0 Å². The normalized spacial score (nSPS) is 21.3. The van der Waals surface area contributed by atoms with Gasteiger partial charge in [0.2, 0.25) is 0 Å². The summed E-state index contributed by atoms with van der Waals surface area (Å²) >= 11 is 2.10. The van der Waals surface area contributed by atoms with Crippen molar-refractivity contribution >= 4 is 17.6 Å². The highest BCUT2D eigenvalue weighted by Crippen LogP contribution is 2.24. The van der Waals surface area contributed by atoms with E-state index in [-0.39, 0.29) is 0 Å². The summed E-state index contributed by atoms with van der Waals surface area (Å²) in [7, 11) is 0. The third-order valence-corrected chi connectivity index (χ3v) is 4.07. The first-order valence-electron chi connectivity index (χ1n) is 5.64. The molecule has 0 saturated carbocycles. The number of hydrogen-bond donors (Lipinski definition) is 1. The maximum atomic E-state index is 4.44. The van der Waals surface area contributed by atoms with Crippen LogP contribution in [0.15, 0.2) is 18.2 Å². The molecular formula is C12H18N2S. The first-order chi connectivity index (χ1) is 7.34. The molecule has 2 rings (SSSR count). The zero-order chi connectivity index (χ0) is 10.5. The molecule has 82 valence electrons. The summed E-state index contributed by atoms with van der Waals surface area (Å²) in [6.45, 7) is 3.08. The average molecular weight is 222 g/mol. The van der Waals surface area contributed by atoms with Crippen LogP contribution in [-0.2, 0) is 0 Å². The van der Waals surface area contributed by atoms with E-state index in [4.69, 9.17) is 0 Å². The van der Waals surface area contributed by atoms with Gasteiger partial charge in [0.25, 0.3) is 0 Å². The van der Waals surface area contributed by atoms with Crippen LogP contribution in [0.5, 0.6) is 0 Å². The second-order valence-electron chi connectivity index (χ2n) is 4.03. The predicted molar refractivity (Wildman–Crippen MR) is 67.6 cm³/mol. The van der Waals surface area contributed by atoms with Crippen molar-refractivity contribution in [2.24, 2.45) is 0 Å². The quantitative estimate of drug-likeness (QED) is 0.850. The topological polar surface area (TPSA) is 24.9 Å². The molecule has 2 nitrogen and oxygen atoms in total. The lowest BCUT2D eigenvalue weighted by Gasteiger charge is -2.21. The van der Waals surface area contributed by atoms with Gasteiger partial charge < -0.3 is 5.32 Å². The SMILES string of the molecule is Cc1cccc(NCC2CCCCS2)n1. The summed E-state index contributed by atoms with van der Waals surface area (Å²) in [5, 5.41) is 4.20. The minimum Gasteiger partial charge on any atom is -0.369 e. The monoisotopic (exact) mass is 222 g/mol. The maximum absolute atomic E-state index is 4.44. The van der Waals surface area contributed by atoms with Gasteiger partial charge in [0.1, 0.15) is 5.82 Å². The van der Waals surface area contributed by atoms with E-state index in [0.717, 1.165) is 23.3 Å². The zero-order valence-corrected chi connectivity index (χ0v) is 10.0. The standard InChI is InChI=1S/C12H18N2S/c1-10-5-4-7-12(14-10)13-9-11-6-2-3-8-15-11/h4-5,7,11H,2-3,6,8-9H2,1H3,(H,13,14). The number of nitrogens with zero attached hydrogens (tertiary/aromatic N) is 1. The summed E-state index contributed by atoms with van der Waals surface area (Å²) in [6.07, 6.45) is 4.13. The Kier molecular flexibility index (Phi) is 3.89. The Bertz CT molecular complexity index is 308. The van der Waals surface area contributed by atoms with Gasteiger partial charge in [-0.3, -0.25) is 0 Å². The fraction of sp³-hybridized carbons (Fsp3) is 0.583. The summed E-state index contributed by atoms with van der Waals surface area (Å²) in [4.78, 5) is 4.44. The van der Waals surface area contributed by atoms with Crippen LogP contribution in [0.1, 0.15) is 25.0 Å². The van der Waals surface area contributed by atoms with Gasteiger partial charge in [-0.05, 0) is 37.7 Å². The van der Waals surface area contributed by atoms with Gasteiger partial charge in [-0.15, -0.1) is 0 Å². The molecule has 1 aromatic heterocycles. The predicted octanol–water partition coefficient (Wildman–Crippen LogP) is 3.09. The number of aryl methyl sites for hydroxylation is 1. The van der Waals surface area contributed by atoms with Crippen molar-refractivity contribution in [3.05, 3.63) is 23.9 Å². The molecule has 1 aliphatic heterocycles. The van der Waals surface area contributed by atoms with Crippen molar-refractivity contribution in [1.82, 2.24) is 4.98 Å². The number of pyridine rings is 1. The van der Waals surface area contributed by atoms with E-state index in [1.165, 1.54) is 25.0 Å². The molecule has 1 aromatic rings. The van der Waals surface area contributed by atoms with Crippen LogP contribution in [0, 0.1) is 6.92 Å². The Hall–Kier alpha value is -0.700. The van der Waals surface area contributed by atoms with Crippen molar-refractivity contribution in [2.45, 2.75) is 31.4 Å². The molecule has 15 heavy (non-hydrogen) atoms. The molecule has 0 aromatic carbocycles. The van der Waals surface area contributed by atoms with Crippen molar-refractivity contribution in [3.8, 4) is 0 Å². The molecule has 1 N–H and O–H groups in total. The van der Waals surface area contributed by atoms with E-state index in [2.05, 4.69) is 28.1 Å². The Morgan fingerprint density at radius 2 is 2.40 bits per heavy atom. The van der Waals surface area contributed by atoms with Crippen molar-refractivity contribution in [1.29, 1.82) is 0 Å². The Morgan fingerprint density at radius 3 is 3.13 bits per heavy atom. The fourth-order valence-electron chi connectivity index (χ4n) is 1.83. The van der Waals surface area contributed by atoms with E-state index >= 15 is 0 Å². The summed E-state index contributed by atoms with van der Waals surface area (Å²) in [6, 6.07) is 6.12. The van der Waals surface area contributed by atoms with Crippen LogP contribution in [0.2, 0.25) is 0 Å². The third kappa shape index (κ3) is 3.42. The number of nitrogens with one attached hydrogen (secondary N) is 1. The molecule has 0 amide bonds. The number of hydrogen-bond acceptors (Lipinski definition) is 3. The van der Waals surface area contributed by atoms with Crippen LogP contribution in [-0.4, -0.2) is 22.5 Å². The van der Waals surface area contributed by atoms with Crippen LogP contribution < -0.4 is 5.32 Å². The minimum atomic E-state index is 0.779. The lowest BCUT2D eigenvalue weighted by molar-refractivity contribution is 0.677. The molecule has 1 fully saturated rings. The number of thioether (sulfide) groups is 1. The molecule has 2 heterocycles. The molecule has 3 heteroatoms. The van der Waals surface area contributed by atoms with Gasteiger partial charge in [-0.25, -0.2) is 4.98 Å². The van der Waals surface area contributed by atoms with E-state index in [1.54, 1.807) is 0 Å². The molecule has 1 unspecified atom stereocenters. The first kappa shape index (κ1) is 10.8. The second kappa shape index (κ2) is 5.40. The molecule has 0 bridgehead atoms. The molecule has 1 saturated heterocycles. The molecular weight excluding hydrogens is 204 g/mol. The number of rotatable bonds is 3. The molecule has 1 aliphatic rings. The van der Waals surface area contributed by atoms with Crippen LogP contribution >= 0.6 is 11.8 Å². The van der Waals surface area contributed by atoms with Crippen LogP contribution in [0.3, 0.4) is 0 Å². The third-order valence-electron chi connectivity index (χ3n) is 2.67. The number of anilines is 1. The fourth-order valence-corrected chi connectivity index (χ4v) is 3.07. The Balaban J connectivity index is 1.81. The molecule has 0 aliphatic carbocycles. The maximum Gasteiger partial charge on any atom is 0.126 e. The van der Waals surface area contributed by atoms with Gasteiger partial charge in [-0.2, -0.15) is 11.8 Å². The lowest BCUT2D eigenvalue weighted by Crippen LogP contribution is -2.20. The highest BCUT2D eigenvalue weighted by Gasteiger charge is 2.13. The summed E-state index contributed by atoms with van der Waals surface area (Å²) in [5.41, 5.74) is 1.08. The van der Waals surface area contributed by atoms with Crippen molar-refractivity contribution in [3.63, 3.8) is 0 Å². The van der Waals surface area contributed by atoms with Gasteiger partial charge >= 0.3 is 0 Å². The van der Waals surface area contributed by atoms with Gasteiger partial charge in [0, 0.05) is 17.5 Å². The Morgan fingerprint density at radius 1 is 1.47 bits per heavy atom. The zero-order valence-electron chi connectivity index (χ0n) is 9.20. The van der Waals surface area contributed by atoms with E-state index in [1.807, 2.05) is 19.1 Å². The number of aromatic nitrogens is 1. The van der Waals surface area contributed by atoms with Gasteiger partial charge in [0.05, 0.1) is 0 Å². The molecule has 1 atom stereocenters. The first-order valence-corrected chi connectivity index (χ1v) is 6.68. The Labute approximate surface area is 95.9 Å². The lowest BCUT2D eigenvalue weighted by atomic mass is 10.2. The smallest absolute Gasteiger partial charge is 0.126 e. The van der Waals surface area contributed by atoms with Gasteiger partial charge in [0.15, 0.2) is 0 Å². The summed E-state index contributed by atoms with van der Waals surface area (Å²) in [5.74, 6) is 2.34. The second-order valence-corrected chi connectivity index (χ2v) is 5.44. The van der Waals surface area contributed by atoms with Crippen LogP contribution in [0.25, 0.3) is 0 Å². The largest absolute Gasteiger partial charge is 0.369 e. The van der Waals surface area contributed by atoms with E-state index < -0.39 is 0 Å². The average Bonchev–Trinajstić information content (AvgIpc) is 2.28. The van der Waals surface area contributed by atoms with Crippen molar-refractivity contribution in [2.75, 3.05) is 17.6 Å². The highest BCUT2D eigenvalue weighted by molar-refractivity contribution is 7.99. The summed E-state index contributed by atoms with van der Waals surface area (Å²) < 4.78 is 0. The van der Waals surface area contributed by atoms with E-state index in [0.29, 0.717) is 0 Å². The van der Waals surface area contributed by atoms with Crippen LogP contribution in [0.4, 0.5) is 5.82 Å².